The van der Waals surface area contributed by atoms with Crippen LogP contribution in [0.5, 0.6) is 0 Å². The first kappa shape index (κ1) is 18.5. The number of carbonyl (C=O) groups is 2. The van der Waals surface area contributed by atoms with Crippen molar-refractivity contribution in [1.82, 2.24) is 19.6 Å². The number of likely N-dealkylation sites (tertiary alicyclic amines) is 2. The van der Waals surface area contributed by atoms with Crippen molar-refractivity contribution in [2.45, 2.75) is 77.8 Å². The van der Waals surface area contributed by atoms with Gasteiger partial charge in [0.15, 0.2) is 0 Å². The molecular weight excluding hydrogens is 340 g/mol. The molecule has 2 aliphatic heterocycles. The van der Waals surface area contributed by atoms with E-state index in [1.165, 1.54) is 19.3 Å². The van der Waals surface area contributed by atoms with Crippen LogP contribution in [0.2, 0.25) is 0 Å². The number of carbonyl (C=O) groups excluding carboxylic acids is 2. The van der Waals surface area contributed by atoms with Crippen LogP contribution >= 0.6 is 0 Å². The summed E-state index contributed by atoms with van der Waals surface area (Å²) in [7, 11) is 0. The second-order valence-electron chi connectivity index (χ2n) is 8.64. The molecule has 6 heteroatoms. The van der Waals surface area contributed by atoms with Gasteiger partial charge in [0.25, 0.3) is 5.91 Å². The van der Waals surface area contributed by atoms with E-state index in [9.17, 15) is 9.59 Å². The minimum absolute atomic E-state index is 0.0249. The summed E-state index contributed by atoms with van der Waals surface area (Å²) in [6, 6.07) is 2.30. The fraction of sp³-hybridized carbons (Fsp3) is 0.762. The van der Waals surface area contributed by atoms with E-state index in [4.69, 9.17) is 0 Å². The van der Waals surface area contributed by atoms with E-state index >= 15 is 0 Å². The van der Waals surface area contributed by atoms with Crippen LogP contribution in [-0.4, -0.2) is 57.1 Å². The molecule has 1 aromatic rings. The van der Waals surface area contributed by atoms with E-state index in [1.807, 2.05) is 24.8 Å². The molecule has 0 N–H and O–H groups in total. The zero-order valence-corrected chi connectivity index (χ0v) is 16.7. The van der Waals surface area contributed by atoms with E-state index in [0.717, 1.165) is 44.3 Å². The summed E-state index contributed by atoms with van der Waals surface area (Å²) in [5.41, 5.74) is 1.17. The van der Waals surface area contributed by atoms with Gasteiger partial charge in [-0.3, -0.25) is 14.3 Å². The molecule has 0 radical (unpaired) electrons. The lowest BCUT2D eigenvalue weighted by atomic mass is 9.77. The van der Waals surface area contributed by atoms with Crippen LogP contribution in [0.15, 0.2) is 6.07 Å². The predicted octanol–water partition coefficient (Wildman–Crippen LogP) is 3.00. The van der Waals surface area contributed by atoms with E-state index in [1.54, 1.807) is 4.68 Å². The molecule has 2 saturated heterocycles. The highest BCUT2D eigenvalue weighted by atomic mass is 16.2. The molecule has 1 aromatic heterocycles. The van der Waals surface area contributed by atoms with Crippen LogP contribution < -0.4 is 0 Å². The van der Waals surface area contributed by atoms with Gasteiger partial charge in [-0.05, 0) is 52.0 Å². The summed E-state index contributed by atoms with van der Waals surface area (Å²) in [6.07, 6.45) is 8.88. The summed E-state index contributed by atoms with van der Waals surface area (Å²) < 4.78 is 1.78. The number of rotatable bonds is 3. The number of aromatic nitrogens is 2. The third-order valence-electron chi connectivity index (χ3n) is 6.85. The zero-order valence-electron chi connectivity index (χ0n) is 16.7. The second-order valence-corrected chi connectivity index (χ2v) is 8.64. The highest BCUT2D eigenvalue weighted by Gasteiger charge is 2.50. The quantitative estimate of drug-likeness (QED) is 0.819. The molecule has 0 bridgehead atoms. The first-order valence-corrected chi connectivity index (χ1v) is 10.7. The maximum atomic E-state index is 13.5. The Balaban J connectivity index is 1.50. The Hall–Kier alpha value is -1.85. The minimum atomic E-state index is -0.350. The van der Waals surface area contributed by atoms with Gasteiger partial charge in [0.1, 0.15) is 5.69 Å². The zero-order chi connectivity index (χ0) is 19.0. The molecule has 2 amide bonds. The lowest BCUT2D eigenvalue weighted by Gasteiger charge is -2.44. The van der Waals surface area contributed by atoms with Crippen LogP contribution in [0, 0.1) is 12.3 Å². The van der Waals surface area contributed by atoms with Crippen molar-refractivity contribution in [1.29, 1.82) is 0 Å². The largest absolute Gasteiger partial charge is 0.339 e. The van der Waals surface area contributed by atoms with E-state index < -0.39 is 0 Å². The third kappa shape index (κ3) is 3.27. The Morgan fingerprint density at radius 3 is 2.70 bits per heavy atom. The average Bonchev–Trinajstić information content (AvgIpc) is 3.28. The van der Waals surface area contributed by atoms with E-state index in [2.05, 4.69) is 10.00 Å². The van der Waals surface area contributed by atoms with Crippen molar-refractivity contribution >= 4 is 11.8 Å². The van der Waals surface area contributed by atoms with Crippen molar-refractivity contribution in [3.63, 3.8) is 0 Å². The van der Waals surface area contributed by atoms with Crippen LogP contribution in [0.3, 0.4) is 0 Å². The Morgan fingerprint density at radius 1 is 1.19 bits per heavy atom. The number of aryl methyl sites for hydroxylation is 2. The highest BCUT2D eigenvalue weighted by Crippen LogP contribution is 2.42. The van der Waals surface area contributed by atoms with Crippen LogP contribution in [-0.2, 0) is 11.3 Å². The number of piperidine rings is 1. The number of hydrogen-bond donors (Lipinski definition) is 0. The monoisotopic (exact) mass is 372 g/mol. The summed E-state index contributed by atoms with van der Waals surface area (Å²) in [5, 5.41) is 4.41. The Labute approximate surface area is 161 Å². The van der Waals surface area contributed by atoms with Gasteiger partial charge in [0.05, 0.1) is 11.1 Å². The summed E-state index contributed by atoms with van der Waals surface area (Å²) in [4.78, 5) is 30.6. The molecule has 27 heavy (non-hydrogen) atoms. The summed E-state index contributed by atoms with van der Waals surface area (Å²) >= 11 is 0. The first-order chi connectivity index (χ1) is 13.0. The normalized spacial score (nSPS) is 27.0. The maximum absolute atomic E-state index is 13.5. The molecular formula is C21H32N4O2. The smallest absolute Gasteiger partial charge is 0.272 e. The highest BCUT2D eigenvalue weighted by molar-refractivity contribution is 5.94. The number of hydrogen-bond acceptors (Lipinski definition) is 3. The number of amides is 2. The number of nitrogens with zero attached hydrogens (tertiary/aromatic N) is 4. The first-order valence-electron chi connectivity index (χ1n) is 10.7. The van der Waals surface area contributed by atoms with Crippen molar-refractivity contribution in [3.8, 4) is 0 Å². The van der Waals surface area contributed by atoms with Crippen LogP contribution in [0.4, 0.5) is 0 Å². The molecule has 3 heterocycles. The standard InChI is InChI=1S/C21H32N4O2/c1-3-25-18(14-16(2)22-25)19(26)23-13-11-21(15-23)10-7-12-24(20(21)27)17-8-5-4-6-9-17/h14,17H,3-13,15H2,1-2H3. The van der Waals surface area contributed by atoms with E-state index in [-0.39, 0.29) is 11.3 Å². The molecule has 148 valence electrons. The second kappa shape index (κ2) is 7.28. The minimum Gasteiger partial charge on any atom is -0.339 e. The van der Waals surface area contributed by atoms with Gasteiger partial charge in [-0.1, -0.05) is 19.3 Å². The topological polar surface area (TPSA) is 58.4 Å². The molecule has 1 unspecified atom stereocenters. The lowest BCUT2D eigenvalue weighted by Crippen LogP contribution is -2.54. The fourth-order valence-corrected chi connectivity index (χ4v) is 5.39. The van der Waals surface area contributed by atoms with Gasteiger partial charge in [-0.15, -0.1) is 0 Å². The van der Waals surface area contributed by atoms with Gasteiger partial charge in [-0.2, -0.15) is 5.10 Å². The van der Waals surface area contributed by atoms with Crippen molar-refractivity contribution in [2.24, 2.45) is 5.41 Å². The molecule has 4 rings (SSSR count). The lowest BCUT2D eigenvalue weighted by molar-refractivity contribution is -0.149. The van der Waals surface area contributed by atoms with Crippen LogP contribution in [0.1, 0.15) is 74.5 Å². The third-order valence-corrected chi connectivity index (χ3v) is 6.85. The Kier molecular flexibility index (Phi) is 4.99. The molecule has 0 aromatic carbocycles. The van der Waals surface area contributed by atoms with E-state index in [0.29, 0.717) is 37.3 Å². The molecule has 1 atom stereocenters. The van der Waals surface area contributed by atoms with Gasteiger partial charge >= 0.3 is 0 Å². The molecule has 1 spiro atoms. The summed E-state index contributed by atoms with van der Waals surface area (Å²) in [5.74, 6) is 0.341. The molecule has 6 nitrogen and oxygen atoms in total. The average molecular weight is 373 g/mol. The van der Waals surface area contributed by atoms with Gasteiger partial charge in [0.2, 0.25) is 5.91 Å². The van der Waals surface area contributed by atoms with Gasteiger partial charge < -0.3 is 9.80 Å². The van der Waals surface area contributed by atoms with Crippen molar-refractivity contribution < 1.29 is 9.59 Å². The predicted molar refractivity (Wildman–Crippen MR) is 103 cm³/mol. The SMILES string of the molecule is CCn1nc(C)cc1C(=O)N1CCC2(CCCN(C3CCCCC3)C2=O)C1. The van der Waals surface area contributed by atoms with Gasteiger partial charge in [0, 0.05) is 32.2 Å². The van der Waals surface area contributed by atoms with Gasteiger partial charge in [-0.25, -0.2) is 0 Å². The molecule has 3 fully saturated rings. The van der Waals surface area contributed by atoms with Crippen molar-refractivity contribution in [3.05, 3.63) is 17.5 Å². The molecule has 1 saturated carbocycles. The van der Waals surface area contributed by atoms with Crippen molar-refractivity contribution in [2.75, 3.05) is 19.6 Å². The Bertz CT molecular complexity index is 722. The fourth-order valence-electron chi connectivity index (χ4n) is 5.39. The molecule has 3 aliphatic rings. The Morgan fingerprint density at radius 2 is 1.96 bits per heavy atom. The maximum Gasteiger partial charge on any atom is 0.272 e. The van der Waals surface area contributed by atoms with Crippen LogP contribution in [0.25, 0.3) is 0 Å². The summed E-state index contributed by atoms with van der Waals surface area (Å²) in [6.45, 7) is 6.75. The molecule has 1 aliphatic carbocycles.